The zero-order valence-electron chi connectivity index (χ0n) is 14.1. The molecule has 1 aromatic rings. The van der Waals surface area contributed by atoms with Crippen molar-refractivity contribution in [2.24, 2.45) is 5.92 Å². The number of benzene rings is 1. The molecule has 2 rings (SSSR count). The summed E-state index contributed by atoms with van der Waals surface area (Å²) < 4.78 is 51.0. The van der Waals surface area contributed by atoms with Crippen molar-refractivity contribution in [2.45, 2.75) is 38.3 Å². The molecule has 1 saturated heterocycles. The zero-order chi connectivity index (χ0) is 18.7. The zero-order valence-corrected chi connectivity index (χ0v) is 14.1. The second kappa shape index (κ2) is 7.61. The fourth-order valence-corrected chi connectivity index (χ4v) is 3.14. The third kappa shape index (κ3) is 3.59. The molecule has 1 aromatic carbocycles. The van der Waals surface area contributed by atoms with Gasteiger partial charge in [0.25, 0.3) is 5.60 Å². The predicted molar refractivity (Wildman–Crippen MR) is 84.9 cm³/mol. The number of ether oxygens (including phenoxy) is 2. The molecule has 1 aliphatic rings. The topological polar surface area (TPSA) is 59.0 Å². The fraction of sp³-hybridized carbons (Fsp3) is 0.588. The summed E-state index contributed by atoms with van der Waals surface area (Å²) in [5.74, 6) is -3.18. The van der Waals surface area contributed by atoms with Crippen LogP contribution < -0.4 is 4.90 Å². The smallest absolute Gasteiger partial charge is 0.428 e. The van der Waals surface area contributed by atoms with Crippen LogP contribution in [0.5, 0.6) is 0 Å². The monoisotopic (exact) mass is 361 g/mol. The molecule has 0 bridgehead atoms. The van der Waals surface area contributed by atoms with Gasteiger partial charge in [-0.05, 0) is 32.4 Å². The van der Waals surface area contributed by atoms with E-state index in [1.807, 2.05) is 0 Å². The van der Waals surface area contributed by atoms with Gasteiger partial charge in [-0.1, -0.05) is 18.2 Å². The molecule has 3 atom stereocenters. The average Bonchev–Trinajstić information content (AvgIpc) is 3.04. The van der Waals surface area contributed by atoms with Gasteiger partial charge in [0.1, 0.15) is 6.23 Å². The molecule has 8 heteroatoms. The Bertz CT molecular complexity index is 581. The van der Waals surface area contributed by atoms with E-state index in [2.05, 4.69) is 4.74 Å². The highest BCUT2D eigenvalue weighted by atomic mass is 19.4. The van der Waals surface area contributed by atoms with Crippen molar-refractivity contribution in [1.29, 1.82) is 0 Å². The van der Waals surface area contributed by atoms with Crippen molar-refractivity contribution in [3.63, 3.8) is 0 Å². The van der Waals surface area contributed by atoms with Crippen LogP contribution in [0.4, 0.5) is 18.9 Å². The second-order valence-corrected chi connectivity index (χ2v) is 5.76. The summed E-state index contributed by atoms with van der Waals surface area (Å²) in [5.41, 5.74) is -2.97. The average molecular weight is 361 g/mol. The maximum Gasteiger partial charge on any atom is 0.428 e. The van der Waals surface area contributed by atoms with E-state index in [1.54, 1.807) is 42.2 Å². The lowest BCUT2D eigenvalue weighted by molar-refractivity contribution is -0.282. The molecular formula is C17H22F3NO4. The third-order valence-corrected chi connectivity index (χ3v) is 4.35. The minimum Gasteiger partial charge on any atom is -0.464 e. The van der Waals surface area contributed by atoms with Crippen molar-refractivity contribution >= 4 is 11.7 Å². The standard InChI is InChI=1S/C17H22F3NO4/c1-3-21(12-8-6-5-7-9-12)14-13(10-11-25-14)16(23,17(18,19)20)15(22)24-4-2/h5-9,13-14,23H,3-4,10-11H2,1-2H3/t13-,14-,16+/m1/s1. The van der Waals surface area contributed by atoms with Gasteiger partial charge >= 0.3 is 12.1 Å². The number of esters is 1. The highest BCUT2D eigenvalue weighted by Gasteiger charge is 2.68. The number of para-hydroxylation sites is 1. The molecule has 0 amide bonds. The quantitative estimate of drug-likeness (QED) is 0.790. The Morgan fingerprint density at radius 1 is 1.32 bits per heavy atom. The van der Waals surface area contributed by atoms with Crippen LogP contribution in [0, 0.1) is 5.92 Å². The lowest BCUT2D eigenvalue weighted by Crippen LogP contribution is -2.62. The summed E-state index contributed by atoms with van der Waals surface area (Å²) >= 11 is 0. The number of alkyl halides is 3. The SMILES string of the molecule is CCOC(=O)[C@@](O)([C@@H]1CCO[C@H]1N(CC)c1ccccc1)C(F)(F)F. The van der Waals surface area contributed by atoms with E-state index in [4.69, 9.17) is 4.74 Å². The van der Waals surface area contributed by atoms with E-state index in [0.717, 1.165) is 0 Å². The first-order valence-electron chi connectivity index (χ1n) is 8.17. The third-order valence-electron chi connectivity index (χ3n) is 4.35. The van der Waals surface area contributed by atoms with Crippen LogP contribution in [-0.2, 0) is 14.3 Å². The lowest BCUT2D eigenvalue weighted by Gasteiger charge is -2.40. The van der Waals surface area contributed by atoms with Gasteiger partial charge in [0.15, 0.2) is 0 Å². The van der Waals surface area contributed by atoms with Crippen LogP contribution >= 0.6 is 0 Å². The Kier molecular flexibility index (Phi) is 5.95. The van der Waals surface area contributed by atoms with Gasteiger partial charge in [-0.2, -0.15) is 13.2 Å². The normalized spacial score (nSPS) is 23.1. The molecule has 0 aromatic heterocycles. The summed E-state index contributed by atoms with van der Waals surface area (Å²) in [7, 11) is 0. The van der Waals surface area contributed by atoms with Gasteiger partial charge in [0.2, 0.25) is 0 Å². The molecule has 0 saturated carbocycles. The van der Waals surface area contributed by atoms with Gasteiger partial charge in [0, 0.05) is 18.8 Å². The molecule has 25 heavy (non-hydrogen) atoms. The Balaban J connectivity index is 2.41. The van der Waals surface area contributed by atoms with Crippen LogP contribution in [-0.4, -0.2) is 48.8 Å². The van der Waals surface area contributed by atoms with Gasteiger partial charge in [-0.25, -0.2) is 4.79 Å². The lowest BCUT2D eigenvalue weighted by atomic mass is 9.83. The van der Waals surface area contributed by atoms with E-state index in [-0.39, 0.29) is 19.6 Å². The molecule has 0 unspecified atom stereocenters. The van der Waals surface area contributed by atoms with Gasteiger partial charge < -0.3 is 19.5 Å². The molecule has 1 heterocycles. The van der Waals surface area contributed by atoms with E-state index in [0.29, 0.717) is 12.2 Å². The summed E-state index contributed by atoms with van der Waals surface area (Å²) in [6.45, 7) is 3.26. The van der Waals surface area contributed by atoms with Crippen molar-refractivity contribution in [3.8, 4) is 0 Å². The summed E-state index contributed by atoms with van der Waals surface area (Å²) in [5, 5.41) is 10.4. The van der Waals surface area contributed by atoms with Gasteiger partial charge in [-0.15, -0.1) is 0 Å². The predicted octanol–water partition coefficient (Wildman–Crippen LogP) is 2.73. The van der Waals surface area contributed by atoms with Crippen molar-refractivity contribution in [3.05, 3.63) is 30.3 Å². The Hall–Kier alpha value is -1.80. The van der Waals surface area contributed by atoms with Crippen LogP contribution in [0.25, 0.3) is 0 Å². The molecule has 0 spiro atoms. The summed E-state index contributed by atoms with van der Waals surface area (Å²) in [6.07, 6.45) is -6.38. The Labute approximate surface area is 144 Å². The number of hydrogen-bond donors (Lipinski definition) is 1. The highest BCUT2D eigenvalue weighted by molar-refractivity contribution is 5.81. The van der Waals surface area contributed by atoms with Crippen molar-refractivity contribution in [1.82, 2.24) is 0 Å². The van der Waals surface area contributed by atoms with Crippen LogP contribution in [0.15, 0.2) is 30.3 Å². The first-order chi connectivity index (χ1) is 11.8. The van der Waals surface area contributed by atoms with E-state index in [9.17, 15) is 23.1 Å². The maximum atomic E-state index is 13.6. The van der Waals surface area contributed by atoms with Gasteiger partial charge in [-0.3, -0.25) is 0 Å². The number of halogens is 3. The summed E-state index contributed by atoms with van der Waals surface area (Å²) in [6, 6.07) is 8.76. The minimum atomic E-state index is -5.17. The number of carbonyl (C=O) groups is 1. The molecule has 0 radical (unpaired) electrons. The minimum absolute atomic E-state index is 0.0104. The Morgan fingerprint density at radius 2 is 1.96 bits per heavy atom. The first-order valence-corrected chi connectivity index (χ1v) is 8.17. The van der Waals surface area contributed by atoms with Crippen LogP contribution in [0.3, 0.4) is 0 Å². The number of carbonyl (C=O) groups excluding carboxylic acids is 1. The van der Waals surface area contributed by atoms with E-state index in [1.165, 1.54) is 6.92 Å². The largest absolute Gasteiger partial charge is 0.464 e. The van der Waals surface area contributed by atoms with Crippen LogP contribution in [0.2, 0.25) is 0 Å². The highest BCUT2D eigenvalue weighted by Crippen LogP contribution is 2.44. The van der Waals surface area contributed by atoms with Crippen LogP contribution in [0.1, 0.15) is 20.3 Å². The molecule has 5 nitrogen and oxygen atoms in total. The first kappa shape index (κ1) is 19.5. The van der Waals surface area contributed by atoms with E-state index >= 15 is 0 Å². The molecule has 0 aliphatic carbocycles. The van der Waals surface area contributed by atoms with Crippen molar-refractivity contribution in [2.75, 3.05) is 24.7 Å². The fourth-order valence-electron chi connectivity index (χ4n) is 3.14. The molecule has 1 aliphatic heterocycles. The molecule has 1 fully saturated rings. The maximum absolute atomic E-state index is 13.6. The van der Waals surface area contributed by atoms with Crippen molar-refractivity contribution < 1.29 is 32.5 Å². The van der Waals surface area contributed by atoms with Gasteiger partial charge in [0.05, 0.1) is 12.5 Å². The number of rotatable bonds is 6. The molecule has 140 valence electrons. The Morgan fingerprint density at radius 3 is 2.48 bits per heavy atom. The second-order valence-electron chi connectivity index (χ2n) is 5.76. The number of hydrogen-bond acceptors (Lipinski definition) is 5. The number of nitrogens with zero attached hydrogens (tertiary/aromatic N) is 1. The molecular weight excluding hydrogens is 339 g/mol. The van der Waals surface area contributed by atoms with E-state index < -0.39 is 29.9 Å². The number of aliphatic hydroxyl groups is 1. The molecule has 1 N–H and O–H groups in total. The summed E-state index contributed by atoms with van der Waals surface area (Å²) in [4.78, 5) is 13.6. The number of anilines is 1.